The second-order valence-electron chi connectivity index (χ2n) is 11.4. The molecule has 0 spiro atoms. The van der Waals surface area contributed by atoms with Gasteiger partial charge in [0, 0.05) is 38.3 Å². The van der Waals surface area contributed by atoms with Gasteiger partial charge < -0.3 is 9.80 Å². The van der Waals surface area contributed by atoms with Crippen molar-refractivity contribution in [3.63, 3.8) is 0 Å². The number of benzene rings is 3. The fraction of sp³-hybridized carbons (Fsp3) is 0.367. The van der Waals surface area contributed by atoms with Gasteiger partial charge in [0.05, 0.1) is 21.2 Å². The lowest BCUT2D eigenvalue weighted by Crippen LogP contribution is -2.55. The molecule has 2 atom stereocenters. The van der Waals surface area contributed by atoms with Crippen molar-refractivity contribution < 1.29 is 17.6 Å². The molecule has 4 aromatic rings. The van der Waals surface area contributed by atoms with E-state index in [1.54, 1.807) is 21.3 Å². The minimum atomic E-state index is -3.77. The summed E-state index contributed by atoms with van der Waals surface area (Å²) in [6, 6.07) is 17.3. The Bertz CT molecular complexity index is 1750. The molecule has 7 rings (SSSR count). The first-order valence-corrected chi connectivity index (χ1v) is 16.0. The van der Waals surface area contributed by atoms with Gasteiger partial charge in [-0.2, -0.15) is 4.31 Å². The number of amides is 1. The molecule has 1 aromatic heterocycles. The van der Waals surface area contributed by atoms with E-state index in [9.17, 15) is 17.6 Å². The van der Waals surface area contributed by atoms with Crippen molar-refractivity contribution in [2.75, 3.05) is 31.1 Å². The average Bonchev–Trinajstić information content (AvgIpc) is 3.58. The van der Waals surface area contributed by atoms with Crippen molar-refractivity contribution in [1.82, 2.24) is 24.6 Å². The molecule has 3 fully saturated rings. The number of carbonyl (C=O) groups excluding carboxylic acids is 1. The van der Waals surface area contributed by atoms with Crippen molar-refractivity contribution in [1.29, 1.82) is 0 Å². The number of hydrogen-bond donors (Lipinski definition) is 1. The number of fused-ring (bicyclic) bond motifs is 3. The maximum atomic E-state index is 13.9. The fourth-order valence-electron chi connectivity index (χ4n) is 6.86. The lowest BCUT2D eigenvalue weighted by molar-refractivity contribution is 0.0718. The average molecular weight is 609 g/mol. The van der Waals surface area contributed by atoms with E-state index in [-0.39, 0.29) is 33.5 Å². The number of likely N-dealkylation sites (tertiary alicyclic amines) is 1. The molecule has 3 aliphatic rings. The zero-order chi connectivity index (χ0) is 29.0. The largest absolute Gasteiger partial charge is 0.360 e. The standard InChI is InChI=1S/C30H30ClFN6O3S/c31-26-14-21(32)6-9-25(26)30(39)36-17-22-7-8-23(18-36)38(22)28-16-24(15-27-29(28)34-35-33-27)42(40,41)37-12-10-20(11-13-37)19-4-2-1-3-5-19/h1-6,9,14-16,20,22-23H,7-8,10-13,17-18H2,(H,33,34,35)/t22-,23+. The van der Waals surface area contributed by atoms with Crippen LogP contribution < -0.4 is 4.90 Å². The van der Waals surface area contributed by atoms with Gasteiger partial charge >= 0.3 is 0 Å². The van der Waals surface area contributed by atoms with E-state index in [4.69, 9.17) is 11.6 Å². The van der Waals surface area contributed by atoms with Gasteiger partial charge in [-0.05, 0) is 67.5 Å². The second-order valence-corrected chi connectivity index (χ2v) is 13.7. The number of rotatable bonds is 5. The Balaban J connectivity index is 1.15. The van der Waals surface area contributed by atoms with E-state index < -0.39 is 15.8 Å². The summed E-state index contributed by atoms with van der Waals surface area (Å²) in [5.74, 6) is -0.389. The number of hydrogen-bond acceptors (Lipinski definition) is 6. The molecule has 0 unspecified atom stereocenters. The monoisotopic (exact) mass is 608 g/mol. The summed E-state index contributed by atoms with van der Waals surface area (Å²) >= 11 is 6.20. The number of aromatic nitrogens is 3. The SMILES string of the molecule is O=C(c1ccc(F)cc1Cl)N1C[C@H]2CC[C@@H](C1)N2c1cc(S(=O)(=O)N2CCC(c3ccccc3)CC2)cc2nn[nH]c12. The summed E-state index contributed by atoms with van der Waals surface area (Å²) in [6.07, 6.45) is 3.22. The molecular formula is C30H30ClFN6O3S. The number of carbonyl (C=O) groups is 1. The van der Waals surface area contributed by atoms with Crippen molar-refractivity contribution in [3.05, 3.63) is 82.6 Å². The highest BCUT2D eigenvalue weighted by atomic mass is 35.5. The number of piperazine rings is 1. The Labute approximate surface area is 248 Å². The Hall–Kier alpha value is -3.54. The third-order valence-electron chi connectivity index (χ3n) is 8.96. The molecule has 4 heterocycles. The minimum Gasteiger partial charge on any atom is -0.360 e. The molecule has 9 nitrogen and oxygen atoms in total. The van der Waals surface area contributed by atoms with Crippen molar-refractivity contribution in [2.24, 2.45) is 0 Å². The molecule has 0 radical (unpaired) electrons. The number of anilines is 1. The summed E-state index contributed by atoms with van der Waals surface area (Å²) in [7, 11) is -3.77. The van der Waals surface area contributed by atoms with Crippen LogP contribution in [0.5, 0.6) is 0 Å². The Morgan fingerprint density at radius 3 is 2.36 bits per heavy atom. The number of H-pyrrole nitrogens is 1. The first-order valence-electron chi connectivity index (χ1n) is 14.2. The molecule has 2 bridgehead atoms. The van der Waals surface area contributed by atoms with Gasteiger partial charge in [0.15, 0.2) is 0 Å². The molecule has 12 heteroatoms. The van der Waals surface area contributed by atoms with Crippen LogP contribution in [-0.4, -0.2) is 77.2 Å². The topological polar surface area (TPSA) is 102 Å². The van der Waals surface area contributed by atoms with E-state index in [0.717, 1.165) is 37.4 Å². The van der Waals surface area contributed by atoms with Crippen LogP contribution in [0, 0.1) is 5.82 Å². The zero-order valence-electron chi connectivity index (χ0n) is 22.8. The Morgan fingerprint density at radius 2 is 1.67 bits per heavy atom. The van der Waals surface area contributed by atoms with E-state index in [2.05, 4.69) is 32.4 Å². The highest BCUT2D eigenvalue weighted by Gasteiger charge is 2.43. The van der Waals surface area contributed by atoms with Crippen molar-refractivity contribution in [3.8, 4) is 0 Å². The Kier molecular flexibility index (Phi) is 6.91. The van der Waals surface area contributed by atoms with Gasteiger partial charge in [0.25, 0.3) is 5.91 Å². The lowest BCUT2D eigenvalue weighted by atomic mass is 9.90. The van der Waals surface area contributed by atoms with Gasteiger partial charge in [0.2, 0.25) is 10.0 Å². The van der Waals surface area contributed by atoms with Crippen LogP contribution in [0.1, 0.15) is 47.5 Å². The molecule has 3 aromatic carbocycles. The van der Waals surface area contributed by atoms with Gasteiger partial charge in [-0.1, -0.05) is 47.1 Å². The molecular weight excluding hydrogens is 579 g/mol. The molecule has 3 aliphatic heterocycles. The number of nitrogens with zero attached hydrogens (tertiary/aromatic N) is 5. The number of nitrogens with one attached hydrogen (secondary N) is 1. The van der Waals surface area contributed by atoms with Crippen LogP contribution in [-0.2, 0) is 10.0 Å². The highest BCUT2D eigenvalue weighted by Crippen LogP contribution is 2.40. The van der Waals surface area contributed by atoms with Gasteiger partial charge in [-0.15, -0.1) is 5.10 Å². The van der Waals surface area contributed by atoms with Crippen LogP contribution in [0.25, 0.3) is 11.0 Å². The maximum absolute atomic E-state index is 13.9. The molecule has 218 valence electrons. The van der Waals surface area contributed by atoms with Gasteiger partial charge in [-0.25, -0.2) is 12.8 Å². The minimum absolute atomic E-state index is 0.0296. The zero-order valence-corrected chi connectivity index (χ0v) is 24.4. The van der Waals surface area contributed by atoms with Crippen LogP contribution in [0.3, 0.4) is 0 Å². The normalized spacial score (nSPS) is 21.8. The first kappa shape index (κ1) is 27.3. The van der Waals surface area contributed by atoms with Crippen LogP contribution in [0.4, 0.5) is 10.1 Å². The van der Waals surface area contributed by atoms with E-state index in [1.165, 1.54) is 17.7 Å². The van der Waals surface area contributed by atoms with Crippen molar-refractivity contribution in [2.45, 2.75) is 48.6 Å². The van der Waals surface area contributed by atoms with Crippen LogP contribution in [0.15, 0.2) is 65.6 Å². The Morgan fingerprint density at radius 1 is 0.952 bits per heavy atom. The summed E-state index contributed by atoms with van der Waals surface area (Å²) < 4.78 is 43.0. The fourth-order valence-corrected chi connectivity index (χ4v) is 8.62. The number of sulfonamides is 1. The smallest absolute Gasteiger partial charge is 0.255 e. The van der Waals surface area contributed by atoms with E-state index in [1.807, 2.05) is 18.2 Å². The lowest BCUT2D eigenvalue weighted by Gasteiger charge is -2.42. The summed E-state index contributed by atoms with van der Waals surface area (Å²) in [4.78, 5) is 17.5. The van der Waals surface area contributed by atoms with E-state index in [0.29, 0.717) is 43.1 Å². The summed E-state index contributed by atoms with van der Waals surface area (Å²) in [6.45, 7) is 1.78. The van der Waals surface area contributed by atoms with Crippen molar-refractivity contribution >= 4 is 44.3 Å². The molecule has 0 saturated carbocycles. The summed E-state index contributed by atoms with van der Waals surface area (Å²) in [5, 5.41) is 11.2. The quantitative estimate of drug-likeness (QED) is 0.349. The molecule has 42 heavy (non-hydrogen) atoms. The first-order chi connectivity index (χ1) is 20.3. The molecule has 3 saturated heterocycles. The predicted molar refractivity (Wildman–Crippen MR) is 158 cm³/mol. The third-order valence-corrected chi connectivity index (χ3v) is 11.2. The number of aromatic amines is 1. The molecule has 1 N–H and O–H groups in total. The van der Waals surface area contributed by atoms with E-state index >= 15 is 0 Å². The third kappa shape index (κ3) is 4.73. The summed E-state index contributed by atoms with van der Waals surface area (Å²) in [5.41, 5.74) is 3.41. The van der Waals surface area contributed by atoms with Gasteiger partial charge in [-0.3, -0.25) is 9.89 Å². The maximum Gasteiger partial charge on any atom is 0.255 e. The number of piperidine rings is 1. The second kappa shape index (κ2) is 10.6. The van der Waals surface area contributed by atoms with Crippen LogP contribution in [0.2, 0.25) is 5.02 Å². The number of halogens is 2. The predicted octanol–water partition coefficient (Wildman–Crippen LogP) is 4.81. The van der Waals surface area contributed by atoms with Gasteiger partial charge in [0.1, 0.15) is 16.9 Å². The highest BCUT2D eigenvalue weighted by molar-refractivity contribution is 7.89. The molecule has 1 amide bonds. The van der Waals surface area contributed by atoms with Crippen LogP contribution >= 0.6 is 11.6 Å². The molecule has 0 aliphatic carbocycles.